The van der Waals surface area contributed by atoms with E-state index in [2.05, 4.69) is 33.0 Å². The Morgan fingerprint density at radius 3 is 2.88 bits per heavy atom. The molecule has 0 amide bonds. The summed E-state index contributed by atoms with van der Waals surface area (Å²) in [6, 6.07) is 4.05. The molecule has 1 N–H and O–H groups in total. The van der Waals surface area contributed by atoms with Crippen LogP contribution in [-0.2, 0) is 13.1 Å². The van der Waals surface area contributed by atoms with Crippen LogP contribution in [0.25, 0.3) is 0 Å². The van der Waals surface area contributed by atoms with Crippen molar-refractivity contribution >= 4 is 0 Å². The molecule has 0 aliphatic carbocycles. The van der Waals surface area contributed by atoms with Crippen molar-refractivity contribution in [1.82, 2.24) is 19.9 Å². The molecule has 0 bridgehead atoms. The van der Waals surface area contributed by atoms with Crippen molar-refractivity contribution in [2.75, 3.05) is 6.54 Å². The maximum Gasteiger partial charge on any atom is 0.0953 e. The molecule has 2 rings (SSSR count). The van der Waals surface area contributed by atoms with Gasteiger partial charge in [-0.2, -0.15) is 0 Å². The second kappa shape index (κ2) is 6.15. The molecule has 0 spiro atoms. The molecule has 4 heteroatoms. The standard InChI is InChI=1S/C13H18N4/c1-2-5-15-8-13-10-17(11-16-13)9-12-3-6-14-7-4-12/h3-4,6-7,10-11,15H,2,5,8-9H2,1H3. The van der Waals surface area contributed by atoms with E-state index in [1.54, 1.807) is 0 Å². The van der Waals surface area contributed by atoms with Crippen LogP contribution in [0.15, 0.2) is 37.1 Å². The van der Waals surface area contributed by atoms with Crippen molar-refractivity contribution in [3.8, 4) is 0 Å². The van der Waals surface area contributed by atoms with Gasteiger partial charge in [0.25, 0.3) is 0 Å². The molecule has 0 aliphatic heterocycles. The summed E-state index contributed by atoms with van der Waals surface area (Å²) in [5, 5.41) is 3.34. The predicted octanol–water partition coefficient (Wildman–Crippen LogP) is 1.83. The molecule has 4 nitrogen and oxygen atoms in total. The Morgan fingerprint density at radius 2 is 2.12 bits per heavy atom. The molecular formula is C13H18N4. The van der Waals surface area contributed by atoms with Gasteiger partial charge in [0.2, 0.25) is 0 Å². The largest absolute Gasteiger partial charge is 0.333 e. The molecule has 17 heavy (non-hydrogen) atoms. The van der Waals surface area contributed by atoms with Crippen LogP contribution in [0, 0.1) is 0 Å². The van der Waals surface area contributed by atoms with E-state index in [9.17, 15) is 0 Å². The normalized spacial score (nSPS) is 10.6. The zero-order valence-corrected chi connectivity index (χ0v) is 10.1. The maximum atomic E-state index is 4.37. The van der Waals surface area contributed by atoms with E-state index in [1.807, 2.05) is 30.9 Å². The number of hydrogen-bond donors (Lipinski definition) is 1. The third-order valence-electron chi connectivity index (χ3n) is 2.53. The lowest BCUT2D eigenvalue weighted by molar-refractivity contribution is 0.665. The second-order valence-electron chi connectivity index (χ2n) is 4.07. The quantitative estimate of drug-likeness (QED) is 0.770. The Bertz CT molecular complexity index is 436. The van der Waals surface area contributed by atoms with Gasteiger partial charge in [-0.1, -0.05) is 6.92 Å². The molecule has 0 fully saturated rings. The van der Waals surface area contributed by atoms with E-state index in [1.165, 1.54) is 5.56 Å². The topological polar surface area (TPSA) is 42.7 Å². The molecule has 0 unspecified atom stereocenters. The van der Waals surface area contributed by atoms with Crippen molar-refractivity contribution in [2.24, 2.45) is 0 Å². The monoisotopic (exact) mass is 230 g/mol. The number of hydrogen-bond acceptors (Lipinski definition) is 3. The first-order valence-electron chi connectivity index (χ1n) is 5.98. The predicted molar refractivity (Wildman–Crippen MR) is 67.6 cm³/mol. The van der Waals surface area contributed by atoms with Crippen molar-refractivity contribution in [3.63, 3.8) is 0 Å². The van der Waals surface area contributed by atoms with E-state index in [0.717, 1.165) is 31.7 Å². The summed E-state index contributed by atoms with van der Waals surface area (Å²) in [4.78, 5) is 8.38. The average molecular weight is 230 g/mol. The van der Waals surface area contributed by atoms with Gasteiger partial charge in [-0.3, -0.25) is 4.98 Å². The number of rotatable bonds is 6. The van der Waals surface area contributed by atoms with Crippen LogP contribution in [0.4, 0.5) is 0 Å². The van der Waals surface area contributed by atoms with Crippen molar-refractivity contribution in [2.45, 2.75) is 26.4 Å². The summed E-state index contributed by atoms with van der Waals surface area (Å²) in [6.45, 7) is 4.90. The third-order valence-corrected chi connectivity index (χ3v) is 2.53. The fourth-order valence-electron chi connectivity index (χ4n) is 1.68. The lowest BCUT2D eigenvalue weighted by Crippen LogP contribution is -2.13. The van der Waals surface area contributed by atoms with Crippen LogP contribution in [0.1, 0.15) is 24.6 Å². The van der Waals surface area contributed by atoms with E-state index >= 15 is 0 Å². The van der Waals surface area contributed by atoms with Crippen molar-refractivity contribution in [1.29, 1.82) is 0 Å². The fourth-order valence-corrected chi connectivity index (χ4v) is 1.68. The lowest BCUT2D eigenvalue weighted by atomic mass is 10.3. The van der Waals surface area contributed by atoms with E-state index in [0.29, 0.717) is 0 Å². The van der Waals surface area contributed by atoms with Crippen LogP contribution in [-0.4, -0.2) is 21.1 Å². The van der Waals surface area contributed by atoms with Gasteiger partial charge < -0.3 is 9.88 Å². The second-order valence-corrected chi connectivity index (χ2v) is 4.07. The van der Waals surface area contributed by atoms with Gasteiger partial charge in [-0.15, -0.1) is 0 Å². The highest BCUT2D eigenvalue weighted by Crippen LogP contribution is 2.02. The first kappa shape index (κ1) is 11.8. The van der Waals surface area contributed by atoms with Crippen LogP contribution in [0.3, 0.4) is 0 Å². The van der Waals surface area contributed by atoms with Gasteiger partial charge in [0.05, 0.1) is 12.0 Å². The summed E-state index contributed by atoms with van der Waals surface area (Å²) in [6.07, 6.45) is 8.75. The highest BCUT2D eigenvalue weighted by Gasteiger charge is 1.99. The molecule has 0 atom stereocenters. The summed E-state index contributed by atoms with van der Waals surface area (Å²) >= 11 is 0. The molecule has 90 valence electrons. The van der Waals surface area contributed by atoms with Gasteiger partial charge in [-0.05, 0) is 30.7 Å². The minimum Gasteiger partial charge on any atom is -0.333 e. The zero-order valence-electron chi connectivity index (χ0n) is 10.1. The Kier molecular flexibility index (Phi) is 4.27. The molecule has 0 saturated heterocycles. The van der Waals surface area contributed by atoms with Crippen molar-refractivity contribution < 1.29 is 0 Å². The Hall–Kier alpha value is -1.68. The SMILES string of the molecule is CCCNCc1cn(Cc2ccncc2)cn1. The van der Waals surface area contributed by atoms with Gasteiger partial charge in [0.1, 0.15) is 0 Å². The first-order chi connectivity index (χ1) is 8.38. The molecule has 2 aromatic rings. The Morgan fingerprint density at radius 1 is 1.29 bits per heavy atom. The minimum atomic E-state index is 0.844. The summed E-state index contributed by atoms with van der Waals surface area (Å²) in [5.74, 6) is 0. The first-order valence-corrected chi connectivity index (χ1v) is 5.98. The van der Waals surface area contributed by atoms with Gasteiger partial charge >= 0.3 is 0 Å². The molecule has 0 radical (unpaired) electrons. The highest BCUT2D eigenvalue weighted by molar-refractivity contribution is 5.11. The van der Waals surface area contributed by atoms with Crippen LogP contribution < -0.4 is 5.32 Å². The molecule has 2 aromatic heterocycles. The van der Waals surface area contributed by atoms with Gasteiger partial charge in [0, 0.05) is 31.7 Å². The lowest BCUT2D eigenvalue weighted by Gasteiger charge is -2.01. The fraction of sp³-hybridized carbons (Fsp3) is 0.385. The van der Waals surface area contributed by atoms with Crippen LogP contribution in [0.5, 0.6) is 0 Å². The Balaban J connectivity index is 1.90. The molecule has 2 heterocycles. The smallest absolute Gasteiger partial charge is 0.0953 e. The van der Waals surface area contributed by atoms with Gasteiger partial charge in [-0.25, -0.2) is 4.98 Å². The number of nitrogens with zero attached hydrogens (tertiary/aromatic N) is 3. The molecule has 0 aliphatic rings. The number of nitrogens with one attached hydrogen (secondary N) is 1. The van der Waals surface area contributed by atoms with E-state index in [4.69, 9.17) is 0 Å². The average Bonchev–Trinajstić information content (AvgIpc) is 2.79. The third kappa shape index (κ3) is 3.67. The summed E-state index contributed by atoms with van der Waals surface area (Å²) in [5.41, 5.74) is 2.33. The van der Waals surface area contributed by atoms with Crippen molar-refractivity contribution in [3.05, 3.63) is 48.3 Å². The minimum absolute atomic E-state index is 0.844. The van der Waals surface area contributed by atoms with E-state index in [-0.39, 0.29) is 0 Å². The van der Waals surface area contributed by atoms with E-state index < -0.39 is 0 Å². The number of pyridine rings is 1. The summed E-state index contributed by atoms with van der Waals surface area (Å²) < 4.78 is 2.10. The molecule has 0 aromatic carbocycles. The van der Waals surface area contributed by atoms with Crippen LogP contribution >= 0.6 is 0 Å². The summed E-state index contributed by atoms with van der Waals surface area (Å²) in [7, 11) is 0. The van der Waals surface area contributed by atoms with Crippen LogP contribution in [0.2, 0.25) is 0 Å². The molecular weight excluding hydrogens is 212 g/mol. The number of imidazole rings is 1. The Labute approximate surface area is 102 Å². The highest BCUT2D eigenvalue weighted by atomic mass is 15.0. The molecule has 0 saturated carbocycles. The maximum absolute atomic E-state index is 4.37. The number of aromatic nitrogens is 3. The zero-order chi connectivity index (χ0) is 11.9. The van der Waals surface area contributed by atoms with Gasteiger partial charge in [0.15, 0.2) is 0 Å².